The lowest BCUT2D eigenvalue weighted by Crippen LogP contribution is -2.45. The molecule has 0 fully saturated rings. The summed E-state index contributed by atoms with van der Waals surface area (Å²) < 4.78 is 10.7. The fourth-order valence-electron chi connectivity index (χ4n) is 3.20. The van der Waals surface area contributed by atoms with Gasteiger partial charge in [-0.2, -0.15) is 0 Å². The molecule has 6 nitrogen and oxygen atoms in total. The molecule has 1 aliphatic heterocycles. The quantitative estimate of drug-likeness (QED) is 0.672. The third-order valence-corrected chi connectivity index (χ3v) is 4.75. The second-order valence-electron chi connectivity index (χ2n) is 6.51. The number of methoxy groups -OCH3 is 2. The van der Waals surface area contributed by atoms with E-state index in [9.17, 15) is 4.79 Å². The van der Waals surface area contributed by atoms with Crippen molar-refractivity contribution < 1.29 is 14.3 Å². The van der Waals surface area contributed by atoms with Crippen LogP contribution in [0, 0.1) is 6.92 Å². The van der Waals surface area contributed by atoms with Gasteiger partial charge in [-0.15, -0.1) is 0 Å². The minimum Gasteiger partial charge on any atom is -0.493 e. The van der Waals surface area contributed by atoms with Crippen LogP contribution in [0.5, 0.6) is 11.5 Å². The van der Waals surface area contributed by atoms with E-state index in [0.29, 0.717) is 27.9 Å². The summed E-state index contributed by atoms with van der Waals surface area (Å²) in [4.78, 5) is 13.1. The summed E-state index contributed by atoms with van der Waals surface area (Å²) in [6, 6.07) is 12.8. The third-order valence-electron chi connectivity index (χ3n) is 4.53. The van der Waals surface area contributed by atoms with Gasteiger partial charge in [-0.25, -0.2) is 0 Å². The van der Waals surface area contributed by atoms with Crippen LogP contribution in [0.3, 0.4) is 0 Å². The van der Waals surface area contributed by atoms with Crippen LogP contribution in [0.25, 0.3) is 0 Å². The summed E-state index contributed by atoms with van der Waals surface area (Å²) in [6.45, 7) is 3.82. The average molecular weight is 398 g/mol. The Morgan fingerprint density at radius 2 is 1.82 bits per heavy atom. The maximum absolute atomic E-state index is 13.1. The molecular weight excluding hydrogens is 374 g/mol. The Morgan fingerprint density at radius 3 is 2.50 bits per heavy atom. The molecule has 0 spiro atoms. The maximum Gasteiger partial charge on any atom is 0.255 e. The Bertz CT molecular complexity index is 956. The van der Waals surface area contributed by atoms with Gasteiger partial charge in [0.2, 0.25) is 0 Å². The summed E-state index contributed by atoms with van der Waals surface area (Å²) in [6.07, 6.45) is 0. The van der Waals surface area contributed by atoms with E-state index < -0.39 is 6.04 Å². The lowest BCUT2D eigenvalue weighted by atomic mass is 9.94. The van der Waals surface area contributed by atoms with Crippen molar-refractivity contribution in [3.05, 3.63) is 64.9 Å². The van der Waals surface area contributed by atoms with Crippen molar-refractivity contribution in [2.24, 2.45) is 0 Å². The summed E-state index contributed by atoms with van der Waals surface area (Å²) in [5, 5.41) is 9.66. The van der Waals surface area contributed by atoms with Gasteiger partial charge in [0.05, 0.1) is 25.8 Å². The van der Waals surface area contributed by atoms with E-state index in [0.717, 1.165) is 16.8 Å². The zero-order valence-corrected chi connectivity index (χ0v) is 17.1. The fourth-order valence-corrected chi connectivity index (χ4v) is 3.47. The van der Waals surface area contributed by atoms with E-state index in [1.807, 2.05) is 56.3 Å². The summed E-state index contributed by atoms with van der Waals surface area (Å²) in [5.41, 5.74) is 3.91. The molecule has 7 heteroatoms. The molecule has 2 aromatic carbocycles. The van der Waals surface area contributed by atoms with Gasteiger partial charge < -0.3 is 25.4 Å². The Balaban J connectivity index is 1.98. The van der Waals surface area contributed by atoms with Crippen molar-refractivity contribution in [2.75, 3.05) is 19.5 Å². The number of rotatable bonds is 5. The van der Waals surface area contributed by atoms with E-state index >= 15 is 0 Å². The molecule has 1 atom stereocenters. The fraction of sp³-hybridized carbons (Fsp3) is 0.238. The molecule has 0 bridgehead atoms. The molecule has 146 valence electrons. The topological polar surface area (TPSA) is 71.6 Å². The first-order chi connectivity index (χ1) is 13.4. The third kappa shape index (κ3) is 4.09. The maximum atomic E-state index is 13.1. The Morgan fingerprint density at radius 1 is 1.07 bits per heavy atom. The second kappa shape index (κ2) is 8.31. The Kier molecular flexibility index (Phi) is 5.84. The SMILES string of the molecule is COc1ccc(C2NC(=S)NC(C)=C2C(=O)Nc2cccc(C)c2)cc1OC. The first-order valence-corrected chi connectivity index (χ1v) is 9.22. The lowest BCUT2D eigenvalue weighted by molar-refractivity contribution is -0.113. The predicted octanol–water partition coefficient (Wildman–Crippen LogP) is 3.44. The second-order valence-corrected chi connectivity index (χ2v) is 6.92. The highest BCUT2D eigenvalue weighted by molar-refractivity contribution is 7.80. The molecule has 28 heavy (non-hydrogen) atoms. The van der Waals surface area contributed by atoms with Crippen molar-refractivity contribution in [2.45, 2.75) is 19.9 Å². The molecule has 1 amide bonds. The lowest BCUT2D eigenvalue weighted by Gasteiger charge is -2.30. The van der Waals surface area contributed by atoms with Crippen molar-refractivity contribution >= 4 is 28.9 Å². The van der Waals surface area contributed by atoms with Gasteiger partial charge in [-0.05, 0) is 61.5 Å². The van der Waals surface area contributed by atoms with E-state index in [1.165, 1.54) is 0 Å². The minimum atomic E-state index is -0.418. The van der Waals surface area contributed by atoms with Crippen LogP contribution >= 0.6 is 12.2 Å². The highest BCUT2D eigenvalue weighted by Crippen LogP contribution is 2.34. The molecular formula is C21H23N3O3S. The number of amides is 1. The van der Waals surface area contributed by atoms with Crippen LogP contribution in [0.1, 0.15) is 24.1 Å². The number of ether oxygens (including phenoxy) is 2. The van der Waals surface area contributed by atoms with Gasteiger partial charge in [-0.3, -0.25) is 4.79 Å². The Hall–Kier alpha value is -3.06. The number of nitrogens with one attached hydrogen (secondary N) is 3. The largest absolute Gasteiger partial charge is 0.493 e. The van der Waals surface area contributed by atoms with Gasteiger partial charge in [0.1, 0.15) is 0 Å². The smallest absolute Gasteiger partial charge is 0.255 e. The number of anilines is 1. The standard InChI is InChI=1S/C21H23N3O3S/c1-12-6-5-7-15(10-12)23-20(25)18-13(2)22-21(28)24-19(18)14-8-9-16(26-3)17(11-14)27-4/h5-11,19H,1-4H3,(H,23,25)(H2,22,24,28). The molecule has 3 rings (SSSR count). The number of thiocarbonyl (C=S) groups is 1. The normalized spacial score (nSPS) is 16.1. The average Bonchev–Trinajstić information content (AvgIpc) is 2.66. The van der Waals surface area contributed by atoms with E-state index in [4.69, 9.17) is 21.7 Å². The van der Waals surface area contributed by atoms with Gasteiger partial charge in [0.25, 0.3) is 5.91 Å². The monoisotopic (exact) mass is 397 g/mol. The first-order valence-electron chi connectivity index (χ1n) is 8.81. The van der Waals surface area contributed by atoms with Crippen molar-refractivity contribution in [3.8, 4) is 11.5 Å². The van der Waals surface area contributed by atoms with Crippen molar-refractivity contribution in [1.82, 2.24) is 10.6 Å². The predicted molar refractivity (Wildman–Crippen MR) is 114 cm³/mol. The van der Waals surface area contributed by atoms with Crippen LogP contribution in [-0.4, -0.2) is 25.2 Å². The van der Waals surface area contributed by atoms with Crippen LogP contribution in [0.2, 0.25) is 0 Å². The summed E-state index contributed by atoms with van der Waals surface area (Å²) in [7, 11) is 3.16. The van der Waals surface area contributed by atoms with Crippen molar-refractivity contribution in [1.29, 1.82) is 0 Å². The molecule has 0 aliphatic carbocycles. The summed E-state index contributed by atoms with van der Waals surface area (Å²) >= 11 is 5.31. The molecule has 0 aromatic heterocycles. The highest BCUT2D eigenvalue weighted by Gasteiger charge is 2.30. The molecule has 0 radical (unpaired) electrons. The number of hydrogen-bond acceptors (Lipinski definition) is 4. The minimum absolute atomic E-state index is 0.203. The number of hydrogen-bond donors (Lipinski definition) is 3. The summed E-state index contributed by atoms with van der Waals surface area (Å²) in [5.74, 6) is 1.00. The number of carbonyl (C=O) groups excluding carboxylic acids is 1. The molecule has 1 heterocycles. The molecule has 1 aliphatic rings. The zero-order chi connectivity index (χ0) is 20.3. The molecule has 1 unspecified atom stereocenters. The number of aryl methyl sites for hydroxylation is 1. The van der Waals surface area contributed by atoms with Gasteiger partial charge in [0, 0.05) is 11.4 Å². The van der Waals surface area contributed by atoms with E-state index in [2.05, 4.69) is 16.0 Å². The van der Waals surface area contributed by atoms with Gasteiger partial charge in [0.15, 0.2) is 16.6 Å². The van der Waals surface area contributed by atoms with Crippen LogP contribution < -0.4 is 25.4 Å². The molecule has 2 aromatic rings. The van der Waals surface area contributed by atoms with Crippen LogP contribution in [0.4, 0.5) is 5.69 Å². The number of allylic oxidation sites excluding steroid dienone is 1. The Labute approximate surface area is 169 Å². The zero-order valence-electron chi connectivity index (χ0n) is 16.3. The highest BCUT2D eigenvalue weighted by atomic mass is 32.1. The van der Waals surface area contributed by atoms with Crippen molar-refractivity contribution in [3.63, 3.8) is 0 Å². The van der Waals surface area contributed by atoms with Crippen LogP contribution in [-0.2, 0) is 4.79 Å². The molecule has 0 saturated carbocycles. The van der Waals surface area contributed by atoms with Gasteiger partial charge in [-0.1, -0.05) is 18.2 Å². The number of carbonyl (C=O) groups is 1. The molecule has 3 N–H and O–H groups in total. The first kappa shape index (κ1) is 19.7. The van der Waals surface area contributed by atoms with Crippen LogP contribution in [0.15, 0.2) is 53.7 Å². The van der Waals surface area contributed by atoms with E-state index in [1.54, 1.807) is 14.2 Å². The van der Waals surface area contributed by atoms with Gasteiger partial charge >= 0.3 is 0 Å². The number of benzene rings is 2. The molecule has 0 saturated heterocycles. The van der Waals surface area contributed by atoms with E-state index in [-0.39, 0.29) is 5.91 Å².